The molecule has 36 heavy (non-hydrogen) atoms. The number of hydrogen-bond acceptors (Lipinski definition) is 7. The van der Waals surface area contributed by atoms with Crippen molar-refractivity contribution in [2.24, 2.45) is 17.4 Å². The molecule has 0 bridgehead atoms. The van der Waals surface area contributed by atoms with E-state index < -0.39 is 53.8 Å². The second kappa shape index (κ2) is 12.9. The summed E-state index contributed by atoms with van der Waals surface area (Å²) in [4.78, 5) is 63.1. The van der Waals surface area contributed by atoms with Crippen LogP contribution < -0.4 is 22.1 Å². The first kappa shape index (κ1) is 28.6. The van der Waals surface area contributed by atoms with Gasteiger partial charge in [0.15, 0.2) is 0 Å². The molecule has 1 heterocycles. The molecule has 198 valence electrons. The normalized spacial score (nSPS) is 17.8. The van der Waals surface area contributed by atoms with E-state index in [-0.39, 0.29) is 37.5 Å². The Morgan fingerprint density at radius 2 is 1.72 bits per heavy atom. The maximum Gasteiger partial charge on any atom is 0.326 e. The number of nitrogens with one attached hydrogen (secondary N) is 2. The van der Waals surface area contributed by atoms with Crippen LogP contribution in [0, 0.1) is 5.92 Å². The first-order chi connectivity index (χ1) is 16.9. The van der Waals surface area contributed by atoms with Gasteiger partial charge < -0.3 is 37.2 Å². The minimum absolute atomic E-state index is 0.000731. The van der Waals surface area contributed by atoms with E-state index in [1.54, 1.807) is 12.1 Å². The number of carbonyl (C=O) groups is 5. The molecule has 0 aromatic heterocycles. The van der Waals surface area contributed by atoms with Crippen LogP contribution in [-0.2, 0) is 30.4 Å². The molecule has 1 aliphatic rings. The van der Waals surface area contributed by atoms with Crippen molar-refractivity contribution in [1.82, 2.24) is 15.5 Å². The number of aromatic hydroxyl groups is 1. The van der Waals surface area contributed by atoms with Gasteiger partial charge in [-0.1, -0.05) is 26.0 Å². The number of carbonyl (C=O) groups excluding carboxylic acids is 4. The number of phenolic OH excluding ortho intramolecular Hbond substituents is 1. The van der Waals surface area contributed by atoms with Gasteiger partial charge in [0, 0.05) is 13.0 Å². The summed E-state index contributed by atoms with van der Waals surface area (Å²) in [6.07, 6.45) is 0.719. The fraction of sp³-hybridized carbons (Fsp3) is 0.542. The molecule has 12 nitrogen and oxygen atoms in total. The molecule has 1 aromatic rings. The smallest absolute Gasteiger partial charge is 0.326 e. The van der Waals surface area contributed by atoms with Crippen molar-refractivity contribution in [3.63, 3.8) is 0 Å². The lowest BCUT2D eigenvalue weighted by molar-refractivity contribution is -0.143. The van der Waals surface area contributed by atoms with Crippen LogP contribution in [-0.4, -0.2) is 75.4 Å². The van der Waals surface area contributed by atoms with Crippen LogP contribution in [0.25, 0.3) is 0 Å². The zero-order valence-corrected chi connectivity index (χ0v) is 20.5. The maximum atomic E-state index is 13.2. The van der Waals surface area contributed by atoms with Crippen LogP contribution in [0.3, 0.4) is 0 Å². The number of carboxylic acid groups (broad SMARTS) is 1. The third-order valence-corrected chi connectivity index (χ3v) is 5.91. The number of amides is 4. The second-order valence-electron chi connectivity index (χ2n) is 9.43. The van der Waals surface area contributed by atoms with Crippen molar-refractivity contribution in [2.75, 3.05) is 6.54 Å². The van der Waals surface area contributed by atoms with Gasteiger partial charge in [-0.2, -0.15) is 0 Å². The molecule has 0 radical (unpaired) electrons. The van der Waals surface area contributed by atoms with Gasteiger partial charge in [0.25, 0.3) is 0 Å². The van der Waals surface area contributed by atoms with E-state index in [2.05, 4.69) is 10.6 Å². The highest BCUT2D eigenvalue weighted by molar-refractivity contribution is 5.95. The predicted molar refractivity (Wildman–Crippen MR) is 129 cm³/mol. The summed E-state index contributed by atoms with van der Waals surface area (Å²) in [6, 6.07) is 1.65. The number of nitrogens with zero attached hydrogens (tertiary/aromatic N) is 1. The molecule has 0 spiro atoms. The second-order valence-corrected chi connectivity index (χ2v) is 9.43. The van der Waals surface area contributed by atoms with E-state index in [0.29, 0.717) is 18.4 Å². The fourth-order valence-electron chi connectivity index (χ4n) is 4.13. The lowest BCUT2D eigenvalue weighted by Gasteiger charge is -2.28. The Bertz CT molecular complexity index is 966. The van der Waals surface area contributed by atoms with Crippen molar-refractivity contribution >= 4 is 29.6 Å². The highest BCUT2D eigenvalue weighted by Crippen LogP contribution is 2.20. The van der Waals surface area contributed by atoms with Crippen molar-refractivity contribution in [3.05, 3.63) is 29.8 Å². The molecule has 12 heteroatoms. The van der Waals surface area contributed by atoms with E-state index >= 15 is 0 Å². The van der Waals surface area contributed by atoms with E-state index in [1.807, 2.05) is 13.8 Å². The molecule has 2 rings (SSSR count). The highest BCUT2D eigenvalue weighted by atomic mass is 16.4. The summed E-state index contributed by atoms with van der Waals surface area (Å²) in [5.41, 5.74) is 11.5. The Hall–Kier alpha value is -3.67. The number of aliphatic carboxylic acids is 1. The van der Waals surface area contributed by atoms with Crippen molar-refractivity contribution in [3.8, 4) is 5.75 Å². The number of carboxylic acids is 1. The topological polar surface area (TPSA) is 205 Å². The summed E-state index contributed by atoms with van der Waals surface area (Å²) < 4.78 is 0. The largest absolute Gasteiger partial charge is 0.508 e. The molecular weight excluding hydrogens is 470 g/mol. The predicted octanol–water partition coefficient (Wildman–Crippen LogP) is -0.771. The SMILES string of the molecule is CC(C)CC(NC(=O)C(Cc1ccc(O)cc1)NC(=O)C1CCCN1C(=O)C(N)CC(N)=O)C(=O)O. The van der Waals surface area contributed by atoms with Gasteiger partial charge in [-0.05, 0) is 42.9 Å². The number of hydrogen-bond donors (Lipinski definition) is 6. The molecule has 1 saturated heterocycles. The van der Waals surface area contributed by atoms with Crippen LogP contribution in [0.15, 0.2) is 24.3 Å². The Labute approximate surface area is 209 Å². The Balaban J connectivity index is 2.21. The lowest BCUT2D eigenvalue weighted by atomic mass is 10.0. The first-order valence-electron chi connectivity index (χ1n) is 11.8. The number of phenols is 1. The highest BCUT2D eigenvalue weighted by Gasteiger charge is 2.38. The summed E-state index contributed by atoms with van der Waals surface area (Å²) in [5.74, 6) is -3.78. The van der Waals surface area contributed by atoms with Crippen LogP contribution in [0.1, 0.15) is 45.1 Å². The molecule has 8 N–H and O–H groups in total. The third kappa shape index (κ3) is 8.22. The number of nitrogens with two attached hydrogens (primary N) is 2. The first-order valence-corrected chi connectivity index (χ1v) is 11.8. The van der Waals surface area contributed by atoms with Crippen LogP contribution >= 0.6 is 0 Å². The summed E-state index contributed by atoms with van der Waals surface area (Å²) in [6.45, 7) is 3.91. The van der Waals surface area contributed by atoms with Crippen molar-refractivity contribution < 1.29 is 34.2 Å². The zero-order valence-electron chi connectivity index (χ0n) is 20.5. The minimum atomic E-state index is -1.19. The van der Waals surface area contributed by atoms with Crippen LogP contribution in [0.5, 0.6) is 5.75 Å². The molecule has 0 saturated carbocycles. The lowest BCUT2D eigenvalue weighted by Crippen LogP contribution is -2.57. The summed E-state index contributed by atoms with van der Waals surface area (Å²) in [5, 5.41) is 24.2. The quantitative estimate of drug-likeness (QED) is 0.212. The Morgan fingerprint density at radius 3 is 2.28 bits per heavy atom. The number of rotatable bonds is 12. The van der Waals surface area contributed by atoms with Gasteiger partial charge in [-0.25, -0.2) is 4.79 Å². The minimum Gasteiger partial charge on any atom is -0.508 e. The van der Waals surface area contributed by atoms with Crippen LogP contribution in [0.4, 0.5) is 0 Å². The van der Waals surface area contributed by atoms with Gasteiger partial charge in [0.05, 0.1) is 12.5 Å². The summed E-state index contributed by atoms with van der Waals surface area (Å²) >= 11 is 0. The third-order valence-electron chi connectivity index (χ3n) is 5.91. The van der Waals surface area contributed by atoms with Crippen molar-refractivity contribution in [1.29, 1.82) is 0 Å². The number of benzene rings is 1. The van der Waals surface area contributed by atoms with Gasteiger partial charge >= 0.3 is 5.97 Å². The van der Waals surface area contributed by atoms with E-state index in [4.69, 9.17) is 11.5 Å². The molecular formula is C24H35N5O7. The molecule has 0 aliphatic carbocycles. The van der Waals surface area contributed by atoms with E-state index in [9.17, 15) is 34.2 Å². The van der Waals surface area contributed by atoms with Gasteiger partial charge in [-0.15, -0.1) is 0 Å². The molecule has 1 fully saturated rings. The Kier molecular flexibility index (Phi) is 10.2. The monoisotopic (exact) mass is 505 g/mol. The van der Waals surface area contributed by atoms with Crippen molar-refractivity contribution in [2.45, 2.75) is 70.1 Å². The maximum absolute atomic E-state index is 13.2. The van der Waals surface area contributed by atoms with Gasteiger partial charge in [-0.3, -0.25) is 19.2 Å². The van der Waals surface area contributed by atoms with Gasteiger partial charge in [0.2, 0.25) is 23.6 Å². The average molecular weight is 506 g/mol. The Morgan fingerprint density at radius 1 is 1.08 bits per heavy atom. The molecule has 4 amide bonds. The standard InChI is InChI=1S/C24H35N5O7/c1-13(2)10-18(24(35)36)28-21(32)17(11-14-5-7-15(30)8-6-14)27-22(33)19-4-3-9-29(19)23(34)16(25)12-20(26)31/h5-8,13,16-19,30H,3-4,9-12,25H2,1-2H3,(H2,26,31)(H,27,33)(H,28,32)(H,35,36). The van der Waals surface area contributed by atoms with Crippen LogP contribution in [0.2, 0.25) is 0 Å². The number of primary amides is 1. The fourth-order valence-corrected chi connectivity index (χ4v) is 4.13. The molecule has 4 atom stereocenters. The van der Waals surface area contributed by atoms with Gasteiger partial charge in [0.1, 0.15) is 23.9 Å². The summed E-state index contributed by atoms with van der Waals surface area (Å²) in [7, 11) is 0. The zero-order chi connectivity index (χ0) is 27.0. The number of likely N-dealkylation sites (tertiary alicyclic amines) is 1. The van der Waals surface area contributed by atoms with E-state index in [0.717, 1.165) is 0 Å². The van der Waals surface area contributed by atoms with E-state index in [1.165, 1.54) is 17.0 Å². The molecule has 4 unspecified atom stereocenters. The average Bonchev–Trinajstić information content (AvgIpc) is 3.28. The molecule has 1 aromatic carbocycles. The molecule has 1 aliphatic heterocycles.